The van der Waals surface area contributed by atoms with Crippen LogP contribution in [0, 0.1) is 0 Å². The van der Waals surface area contributed by atoms with Crippen LogP contribution in [-0.2, 0) is 0 Å². The van der Waals surface area contributed by atoms with Crippen molar-refractivity contribution in [3.05, 3.63) is 36.4 Å². The summed E-state index contributed by atoms with van der Waals surface area (Å²) in [4.78, 5) is 4.16. The molecule has 0 atom stereocenters. The van der Waals surface area contributed by atoms with Crippen molar-refractivity contribution in [2.45, 2.75) is 4.58 Å². The zero-order chi connectivity index (χ0) is 9.80. The fraction of sp³-hybridized carbons (Fsp3) is 0.273. The molecule has 0 N–H and O–H groups in total. The molecule has 1 saturated heterocycles. The van der Waals surface area contributed by atoms with Crippen LogP contribution in [0.5, 0.6) is 0 Å². The molecule has 0 spiro atoms. The summed E-state index contributed by atoms with van der Waals surface area (Å²) in [6.07, 6.45) is 0. The van der Waals surface area contributed by atoms with Gasteiger partial charge in [0.2, 0.25) is 0 Å². The molecule has 0 unspecified atom stereocenters. The third-order valence-corrected chi connectivity index (χ3v) is 5.08. The molecule has 1 aliphatic heterocycles. The number of para-hydroxylation sites is 1. The summed E-state index contributed by atoms with van der Waals surface area (Å²) >= 11 is 3.98. The highest BCUT2D eigenvalue weighted by Gasteiger charge is 2.20. The summed E-state index contributed by atoms with van der Waals surface area (Å²) in [7, 11) is 0. The van der Waals surface area contributed by atoms with Gasteiger partial charge in [0.05, 0.1) is 10.3 Å². The van der Waals surface area contributed by atoms with Gasteiger partial charge in [0, 0.05) is 17.1 Å². The normalized spacial score (nSPS) is 16.6. The van der Waals surface area contributed by atoms with Crippen molar-refractivity contribution in [3.8, 4) is 0 Å². The molecule has 1 nitrogen and oxygen atoms in total. The standard InChI is InChI=1S/C11H11NS2/c1-2-12-10-6-4-3-5-9(10)11-13-7-8-14-11/h3-6,11H,1,7-8H2. The van der Waals surface area contributed by atoms with Crippen LogP contribution in [0.15, 0.2) is 35.8 Å². The van der Waals surface area contributed by atoms with Crippen LogP contribution < -0.4 is 0 Å². The molecule has 1 aromatic rings. The van der Waals surface area contributed by atoms with Crippen molar-refractivity contribution in [3.63, 3.8) is 0 Å². The lowest BCUT2D eigenvalue weighted by Gasteiger charge is -2.09. The number of hydrogen-bond acceptors (Lipinski definition) is 3. The molecular formula is C11H11NS2. The highest BCUT2D eigenvalue weighted by molar-refractivity contribution is 8.19. The Morgan fingerprint density at radius 3 is 2.71 bits per heavy atom. The van der Waals surface area contributed by atoms with E-state index in [0.29, 0.717) is 4.58 Å². The second-order valence-electron chi connectivity index (χ2n) is 2.90. The van der Waals surface area contributed by atoms with Gasteiger partial charge in [0.1, 0.15) is 0 Å². The second kappa shape index (κ2) is 4.74. The first-order valence-electron chi connectivity index (χ1n) is 4.47. The Hall–Kier alpha value is -0.630. The Morgan fingerprint density at radius 1 is 1.29 bits per heavy atom. The smallest absolute Gasteiger partial charge is 0.0781 e. The average Bonchev–Trinajstić information content (AvgIpc) is 2.72. The molecule has 2 rings (SSSR count). The van der Waals surface area contributed by atoms with E-state index in [9.17, 15) is 0 Å². The first-order chi connectivity index (χ1) is 6.92. The molecule has 1 aliphatic rings. The van der Waals surface area contributed by atoms with Crippen LogP contribution in [-0.4, -0.2) is 17.4 Å². The minimum absolute atomic E-state index is 0.545. The highest BCUT2D eigenvalue weighted by Crippen LogP contribution is 2.47. The average molecular weight is 221 g/mol. The number of nitrogens with zero attached hydrogens (tertiary/aromatic N) is 1. The van der Waals surface area contributed by atoms with Crippen LogP contribution in [0.1, 0.15) is 10.1 Å². The van der Waals surface area contributed by atoms with E-state index in [4.69, 9.17) is 0 Å². The minimum Gasteiger partial charge on any atom is -0.207 e. The fourth-order valence-electron chi connectivity index (χ4n) is 1.41. The molecular weight excluding hydrogens is 210 g/mol. The molecule has 0 aromatic heterocycles. The van der Waals surface area contributed by atoms with Crippen molar-refractivity contribution in [2.75, 3.05) is 11.5 Å². The summed E-state index contributed by atoms with van der Waals surface area (Å²) in [5.41, 5.74) is 2.31. The largest absolute Gasteiger partial charge is 0.207 e. The first-order valence-corrected chi connectivity index (χ1v) is 6.56. The van der Waals surface area contributed by atoms with E-state index in [2.05, 4.69) is 29.6 Å². The van der Waals surface area contributed by atoms with Crippen LogP contribution in [0.3, 0.4) is 0 Å². The number of hydrogen-bond donors (Lipinski definition) is 0. The predicted octanol–water partition coefficient (Wildman–Crippen LogP) is 3.65. The Balaban J connectivity index is 2.34. The van der Waals surface area contributed by atoms with E-state index in [1.54, 1.807) is 0 Å². The fourth-order valence-corrected chi connectivity index (χ4v) is 4.33. The van der Waals surface area contributed by atoms with Crippen LogP contribution in [0.2, 0.25) is 0 Å². The van der Waals surface area contributed by atoms with Gasteiger partial charge in [-0.2, -0.15) is 0 Å². The van der Waals surface area contributed by atoms with Gasteiger partial charge in [-0.05, 0) is 18.5 Å². The predicted molar refractivity (Wildman–Crippen MR) is 66.8 cm³/mol. The topological polar surface area (TPSA) is 12.4 Å². The van der Waals surface area contributed by atoms with Crippen LogP contribution in [0.25, 0.3) is 0 Å². The van der Waals surface area contributed by atoms with E-state index in [-0.39, 0.29) is 0 Å². The molecule has 14 heavy (non-hydrogen) atoms. The Kier molecular flexibility index (Phi) is 3.35. The SMILES string of the molecule is C=C=Nc1ccccc1C1SCCS1. The van der Waals surface area contributed by atoms with Gasteiger partial charge in [-0.25, -0.2) is 4.99 Å². The summed E-state index contributed by atoms with van der Waals surface area (Å²) in [5, 5.41) is 0. The molecule has 0 bridgehead atoms. The lowest BCUT2D eigenvalue weighted by Crippen LogP contribution is -1.84. The maximum atomic E-state index is 4.16. The van der Waals surface area contributed by atoms with Gasteiger partial charge in [-0.15, -0.1) is 23.5 Å². The number of aliphatic imine (C=N–C) groups is 1. The van der Waals surface area contributed by atoms with Gasteiger partial charge in [-0.1, -0.05) is 18.2 Å². The van der Waals surface area contributed by atoms with Crippen molar-refractivity contribution in [1.82, 2.24) is 0 Å². The Morgan fingerprint density at radius 2 is 2.00 bits per heavy atom. The Bertz CT molecular complexity index is 363. The van der Waals surface area contributed by atoms with E-state index in [1.807, 2.05) is 35.7 Å². The minimum atomic E-state index is 0.545. The molecule has 72 valence electrons. The zero-order valence-electron chi connectivity index (χ0n) is 7.77. The monoisotopic (exact) mass is 221 g/mol. The van der Waals surface area contributed by atoms with Crippen LogP contribution >= 0.6 is 23.5 Å². The van der Waals surface area contributed by atoms with Crippen molar-refractivity contribution < 1.29 is 0 Å². The summed E-state index contributed by atoms with van der Waals surface area (Å²) in [6.45, 7) is 3.52. The molecule has 1 aromatic carbocycles. The van der Waals surface area contributed by atoms with Crippen molar-refractivity contribution in [2.24, 2.45) is 4.99 Å². The second-order valence-corrected chi connectivity index (χ2v) is 5.63. The van der Waals surface area contributed by atoms with Gasteiger partial charge in [-0.3, -0.25) is 0 Å². The van der Waals surface area contributed by atoms with Crippen LogP contribution in [0.4, 0.5) is 5.69 Å². The zero-order valence-corrected chi connectivity index (χ0v) is 9.40. The van der Waals surface area contributed by atoms with E-state index in [1.165, 1.54) is 17.1 Å². The van der Waals surface area contributed by atoms with E-state index < -0.39 is 0 Å². The lowest BCUT2D eigenvalue weighted by atomic mass is 10.2. The van der Waals surface area contributed by atoms with Crippen molar-refractivity contribution in [1.29, 1.82) is 0 Å². The number of rotatable bonds is 2. The third kappa shape index (κ3) is 2.06. The first kappa shape index (κ1) is 9.91. The van der Waals surface area contributed by atoms with Gasteiger partial charge < -0.3 is 0 Å². The molecule has 0 radical (unpaired) electrons. The molecule has 0 saturated carbocycles. The molecule has 1 fully saturated rings. The maximum Gasteiger partial charge on any atom is 0.0781 e. The third-order valence-electron chi connectivity index (χ3n) is 2.01. The highest BCUT2D eigenvalue weighted by atomic mass is 32.2. The number of thioether (sulfide) groups is 2. The van der Waals surface area contributed by atoms with Gasteiger partial charge in [0.25, 0.3) is 0 Å². The lowest BCUT2D eigenvalue weighted by molar-refractivity contribution is 1.35. The molecule has 0 aliphatic carbocycles. The number of benzene rings is 1. The van der Waals surface area contributed by atoms with Gasteiger partial charge >= 0.3 is 0 Å². The quantitative estimate of drug-likeness (QED) is 0.707. The Labute approximate surface area is 92.7 Å². The summed E-state index contributed by atoms with van der Waals surface area (Å²) < 4.78 is 0.545. The van der Waals surface area contributed by atoms with Crippen molar-refractivity contribution >= 4 is 35.1 Å². The summed E-state index contributed by atoms with van der Waals surface area (Å²) in [5.74, 6) is 5.08. The molecule has 1 heterocycles. The molecule has 3 heteroatoms. The molecule has 0 amide bonds. The van der Waals surface area contributed by atoms with E-state index in [0.717, 1.165) is 5.69 Å². The van der Waals surface area contributed by atoms with E-state index >= 15 is 0 Å². The van der Waals surface area contributed by atoms with Gasteiger partial charge in [0.15, 0.2) is 0 Å². The maximum absolute atomic E-state index is 4.16. The summed E-state index contributed by atoms with van der Waals surface area (Å²) in [6, 6.07) is 8.24.